The second-order valence-corrected chi connectivity index (χ2v) is 7.76. The third kappa shape index (κ3) is 3.44. The summed E-state index contributed by atoms with van der Waals surface area (Å²) in [5, 5.41) is 4.10. The molecule has 1 aromatic heterocycles. The van der Waals surface area contributed by atoms with E-state index in [1.807, 2.05) is 59.5 Å². The van der Waals surface area contributed by atoms with Crippen LogP contribution < -0.4 is 0 Å². The maximum atomic E-state index is 13.3. The summed E-state index contributed by atoms with van der Waals surface area (Å²) >= 11 is 0. The Hall–Kier alpha value is -2.99. The first-order chi connectivity index (χ1) is 14.2. The molecular weight excluding hydrogens is 366 g/mol. The Kier molecular flexibility index (Phi) is 4.64. The summed E-state index contributed by atoms with van der Waals surface area (Å²) < 4.78 is 11.5. The molecule has 0 bridgehead atoms. The van der Waals surface area contributed by atoms with Crippen LogP contribution in [-0.4, -0.2) is 46.2 Å². The Labute approximate surface area is 169 Å². The van der Waals surface area contributed by atoms with Crippen LogP contribution in [0.4, 0.5) is 0 Å². The average molecular weight is 389 g/mol. The van der Waals surface area contributed by atoms with Crippen molar-refractivity contribution in [3.8, 4) is 22.8 Å². The standard InChI is InChI=1S/C23H23N3O3/c27-22(26-14-12-23(13-15-26)11-6-16-28-23)19-10-5-4-9-18(19)21-24-20(25-29-21)17-7-2-1-3-8-17/h1-5,7-10H,6,11-16H2. The zero-order valence-corrected chi connectivity index (χ0v) is 16.2. The summed E-state index contributed by atoms with van der Waals surface area (Å²) in [6, 6.07) is 17.1. The van der Waals surface area contributed by atoms with E-state index in [-0.39, 0.29) is 11.5 Å². The summed E-state index contributed by atoms with van der Waals surface area (Å²) in [7, 11) is 0. The predicted molar refractivity (Wildman–Crippen MR) is 108 cm³/mol. The van der Waals surface area contributed by atoms with E-state index < -0.39 is 0 Å². The minimum atomic E-state index is -0.00658. The first-order valence-electron chi connectivity index (χ1n) is 10.2. The van der Waals surface area contributed by atoms with Crippen molar-refractivity contribution in [1.29, 1.82) is 0 Å². The Bertz CT molecular complexity index is 999. The van der Waals surface area contributed by atoms with Gasteiger partial charge in [-0.15, -0.1) is 0 Å². The highest BCUT2D eigenvalue weighted by molar-refractivity contribution is 6.00. The van der Waals surface area contributed by atoms with Gasteiger partial charge in [0.2, 0.25) is 5.82 Å². The van der Waals surface area contributed by atoms with Crippen molar-refractivity contribution >= 4 is 5.91 Å². The maximum absolute atomic E-state index is 13.3. The molecule has 2 aliphatic rings. The van der Waals surface area contributed by atoms with Crippen LogP contribution in [-0.2, 0) is 4.74 Å². The minimum Gasteiger partial charge on any atom is -0.375 e. The number of nitrogens with zero attached hydrogens (tertiary/aromatic N) is 3. The zero-order chi connectivity index (χ0) is 19.7. The van der Waals surface area contributed by atoms with Crippen LogP contribution in [0.1, 0.15) is 36.0 Å². The van der Waals surface area contributed by atoms with Gasteiger partial charge in [-0.3, -0.25) is 4.79 Å². The first-order valence-corrected chi connectivity index (χ1v) is 10.2. The second-order valence-electron chi connectivity index (χ2n) is 7.76. The number of carbonyl (C=O) groups excluding carboxylic acids is 1. The number of ether oxygens (including phenoxy) is 1. The molecular formula is C23H23N3O3. The van der Waals surface area contributed by atoms with Crippen molar-refractivity contribution in [2.45, 2.75) is 31.3 Å². The Morgan fingerprint density at radius 2 is 1.72 bits per heavy atom. The van der Waals surface area contributed by atoms with Gasteiger partial charge >= 0.3 is 0 Å². The number of piperidine rings is 1. The molecule has 148 valence electrons. The number of likely N-dealkylation sites (tertiary alicyclic amines) is 1. The van der Waals surface area contributed by atoms with Crippen LogP contribution in [0.15, 0.2) is 59.1 Å². The average Bonchev–Trinajstić information content (AvgIpc) is 3.45. The molecule has 2 saturated heterocycles. The Morgan fingerprint density at radius 1 is 0.966 bits per heavy atom. The van der Waals surface area contributed by atoms with E-state index in [0.29, 0.717) is 35.9 Å². The third-order valence-corrected chi connectivity index (χ3v) is 5.99. The molecule has 3 aromatic rings. The van der Waals surface area contributed by atoms with Crippen molar-refractivity contribution in [3.05, 3.63) is 60.2 Å². The van der Waals surface area contributed by atoms with E-state index in [9.17, 15) is 4.79 Å². The number of benzene rings is 2. The summed E-state index contributed by atoms with van der Waals surface area (Å²) in [6.07, 6.45) is 4.03. The van der Waals surface area contributed by atoms with Gasteiger partial charge in [-0.2, -0.15) is 4.98 Å². The lowest BCUT2D eigenvalue weighted by atomic mass is 9.88. The number of hydrogen-bond donors (Lipinski definition) is 0. The maximum Gasteiger partial charge on any atom is 0.259 e. The van der Waals surface area contributed by atoms with Crippen molar-refractivity contribution in [2.75, 3.05) is 19.7 Å². The molecule has 0 atom stereocenters. The molecule has 6 heteroatoms. The van der Waals surface area contributed by atoms with Gasteiger partial charge in [0.05, 0.1) is 16.7 Å². The molecule has 5 rings (SSSR count). The number of aromatic nitrogens is 2. The van der Waals surface area contributed by atoms with Crippen LogP contribution in [0.5, 0.6) is 0 Å². The molecule has 3 heterocycles. The molecule has 2 fully saturated rings. The van der Waals surface area contributed by atoms with E-state index in [1.54, 1.807) is 0 Å². The van der Waals surface area contributed by atoms with E-state index in [2.05, 4.69) is 10.1 Å². The lowest BCUT2D eigenvalue weighted by Gasteiger charge is -2.38. The Balaban J connectivity index is 1.39. The fraction of sp³-hybridized carbons (Fsp3) is 0.348. The van der Waals surface area contributed by atoms with E-state index in [4.69, 9.17) is 9.26 Å². The highest BCUT2D eigenvalue weighted by Gasteiger charge is 2.39. The van der Waals surface area contributed by atoms with Gasteiger partial charge in [0.1, 0.15) is 0 Å². The minimum absolute atomic E-state index is 0.00658. The highest BCUT2D eigenvalue weighted by Crippen LogP contribution is 2.36. The van der Waals surface area contributed by atoms with E-state index in [0.717, 1.165) is 37.9 Å². The molecule has 29 heavy (non-hydrogen) atoms. The van der Waals surface area contributed by atoms with Crippen LogP contribution in [0, 0.1) is 0 Å². The van der Waals surface area contributed by atoms with Gasteiger partial charge in [-0.05, 0) is 37.8 Å². The summed E-state index contributed by atoms with van der Waals surface area (Å²) in [6.45, 7) is 2.27. The summed E-state index contributed by atoms with van der Waals surface area (Å²) in [5.74, 6) is 0.884. The number of rotatable bonds is 3. The Morgan fingerprint density at radius 3 is 2.48 bits per heavy atom. The molecule has 1 amide bonds. The van der Waals surface area contributed by atoms with Crippen LogP contribution in [0.3, 0.4) is 0 Å². The fourth-order valence-electron chi connectivity index (χ4n) is 4.33. The van der Waals surface area contributed by atoms with Crippen molar-refractivity contribution in [2.24, 2.45) is 0 Å². The normalized spacial score (nSPS) is 18.3. The third-order valence-electron chi connectivity index (χ3n) is 5.99. The second kappa shape index (κ2) is 7.44. The first kappa shape index (κ1) is 18.1. The lowest BCUT2D eigenvalue weighted by Crippen LogP contribution is -2.46. The molecule has 1 spiro atoms. The molecule has 6 nitrogen and oxygen atoms in total. The molecule has 0 aliphatic carbocycles. The van der Waals surface area contributed by atoms with E-state index >= 15 is 0 Å². The van der Waals surface area contributed by atoms with Crippen LogP contribution in [0.2, 0.25) is 0 Å². The van der Waals surface area contributed by atoms with Crippen molar-refractivity contribution in [1.82, 2.24) is 15.0 Å². The van der Waals surface area contributed by atoms with Crippen LogP contribution >= 0.6 is 0 Å². The van der Waals surface area contributed by atoms with Gasteiger partial charge in [-0.1, -0.05) is 47.6 Å². The number of hydrogen-bond acceptors (Lipinski definition) is 5. The molecule has 0 unspecified atom stereocenters. The fourth-order valence-corrected chi connectivity index (χ4v) is 4.33. The van der Waals surface area contributed by atoms with Gasteiger partial charge in [0.15, 0.2) is 0 Å². The van der Waals surface area contributed by atoms with E-state index in [1.165, 1.54) is 0 Å². The molecule has 0 saturated carbocycles. The molecule has 2 aromatic carbocycles. The monoisotopic (exact) mass is 389 g/mol. The van der Waals surface area contributed by atoms with Gasteiger partial charge in [0.25, 0.3) is 11.8 Å². The molecule has 0 N–H and O–H groups in total. The highest BCUT2D eigenvalue weighted by atomic mass is 16.5. The largest absolute Gasteiger partial charge is 0.375 e. The predicted octanol–water partition coefficient (Wildman–Crippen LogP) is 4.19. The number of carbonyl (C=O) groups is 1. The smallest absolute Gasteiger partial charge is 0.259 e. The quantitative estimate of drug-likeness (QED) is 0.672. The summed E-state index contributed by atoms with van der Waals surface area (Å²) in [5.41, 5.74) is 2.14. The van der Waals surface area contributed by atoms with Gasteiger partial charge in [0, 0.05) is 25.3 Å². The molecule has 2 aliphatic heterocycles. The van der Waals surface area contributed by atoms with Gasteiger partial charge < -0.3 is 14.2 Å². The topological polar surface area (TPSA) is 68.5 Å². The lowest BCUT2D eigenvalue weighted by molar-refractivity contribution is -0.0387. The number of amides is 1. The summed E-state index contributed by atoms with van der Waals surface area (Å²) in [4.78, 5) is 19.7. The van der Waals surface area contributed by atoms with Crippen LogP contribution in [0.25, 0.3) is 22.8 Å². The van der Waals surface area contributed by atoms with Crippen molar-refractivity contribution in [3.63, 3.8) is 0 Å². The van der Waals surface area contributed by atoms with Crippen molar-refractivity contribution < 1.29 is 14.1 Å². The zero-order valence-electron chi connectivity index (χ0n) is 16.2. The molecule has 0 radical (unpaired) electrons. The SMILES string of the molecule is O=C(c1ccccc1-c1nc(-c2ccccc2)no1)N1CCC2(CCCO2)CC1. The van der Waals surface area contributed by atoms with Gasteiger partial charge in [-0.25, -0.2) is 0 Å².